The van der Waals surface area contributed by atoms with Crippen LogP contribution in [0.1, 0.15) is 41.3 Å². The highest BCUT2D eigenvalue weighted by Gasteiger charge is 2.17. The first-order chi connectivity index (χ1) is 8.51. The summed E-state index contributed by atoms with van der Waals surface area (Å²) in [5, 5.41) is 0. The molecule has 0 unspecified atom stereocenters. The third kappa shape index (κ3) is 3.25. The highest BCUT2D eigenvalue weighted by molar-refractivity contribution is 5.97. The second kappa shape index (κ2) is 6.43. The van der Waals surface area contributed by atoms with Crippen molar-refractivity contribution >= 4 is 5.91 Å². The van der Waals surface area contributed by atoms with Gasteiger partial charge in [0.25, 0.3) is 5.91 Å². The van der Waals surface area contributed by atoms with Gasteiger partial charge in [0, 0.05) is 13.6 Å². The fourth-order valence-corrected chi connectivity index (χ4v) is 1.83. The van der Waals surface area contributed by atoms with Crippen LogP contribution in [0.4, 0.5) is 0 Å². The van der Waals surface area contributed by atoms with E-state index < -0.39 is 0 Å². The molecule has 0 fully saturated rings. The molecule has 100 valence electrons. The molecule has 0 atom stereocenters. The maximum absolute atomic E-state index is 12.3. The molecule has 0 aliphatic heterocycles. The summed E-state index contributed by atoms with van der Waals surface area (Å²) in [4.78, 5) is 14.1. The number of benzene rings is 1. The van der Waals surface area contributed by atoms with Crippen molar-refractivity contribution in [3.63, 3.8) is 0 Å². The Bertz CT molecular complexity index is 427. The van der Waals surface area contributed by atoms with Crippen LogP contribution in [0.25, 0.3) is 0 Å². The van der Waals surface area contributed by atoms with E-state index in [1.807, 2.05) is 33.0 Å². The predicted molar refractivity (Wildman–Crippen MR) is 74.3 cm³/mol. The summed E-state index contributed by atoms with van der Waals surface area (Å²) in [6, 6.07) is 3.84. The highest BCUT2D eigenvalue weighted by atomic mass is 16.5. The average Bonchev–Trinajstić information content (AvgIpc) is 2.37. The first-order valence-electron chi connectivity index (χ1n) is 6.42. The molecule has 3 nitrogen and oxygen atoms in total. The first-order valence-corrected chi connectivity index (χ1v) is 6.42. The Labute approximate surface area is 110 Å². The first kappa shape index (κ1) is 14.6. The zero-order chi connectivity index (χ0) is 13.7. The molecule has 0 saturated heterocycles. The van der Waals surface area contributed by atoms with Crippen LogP contribution in [0.3, 0.4) is 0 Å². The quantitative estimate of drug-likeness (QED) is 0.802. The summed E-state index contributed by atoms with van der Waals surface area (Å²) in [5.74, 6) is 0.690. The minimum atomic E-state index is 0.0309. The average molecular weight is 249 g/mol. The van der Waals surface area contributed by atoms with Crippen molar-refractivity contribution in [3.05, 3.63) is 28.8 Å². The molecule has 0 spiro atoms. The maximum atomic E-state index is 12.3. The van der Waals surface area contributed by atoms with E-state index in [2.05, 4.69) is 6.92 Å². The number of carbonyl (C=O) groups is 1. The molecule has 1 amide bonds. The van der Waals surface area contributed by atoms with E-state index >= 15 is 0 Å². The smallest absolute Gasteiger partial charge is 0.257 e. The molecule has 0 aromatic heterocycles. The Morgan fingerprint density at radius 3 is 2.44 bits per heavy atom. The topological polar surface area (TPSA) is 29.5 Å². The van der Waals surface area contributed by atoms with Crippen molar-refractivity contribution in [2.75, 3.05) is 20.7 Å². The van der Waals surface area contributed by atoms with E-state index in [1.165, 1.54) is 0 Å². The molecular formula is C15H23NO2. The lowest BCUT2D eigenvalue weighted by Gasteiger charge is -2.19. The zero-order valence-electron chi connectivity index (χ0n) is 12.0. The van der Waals surface area contributed by atoms with Crippen LogP contribution in [0.15, 0.2) is 12.1 Å². The summed E-state index contributed by atoms with van der Waals surface area (Å²) in [5.41, 5.74) is 2.90. The fraction of sp³-hybridized carbons (Fsp3) is 0.533. The maximum Gasteiger partial charge on any atom is 0.257 e. The van der Waals surface area contributed by atoms with Gasteiger partial charge in [-0.25, -0.2) is 0 Å². The number of hydrogen-bond acceptors (Lipinski definition) is 2. The molecule has 1 aromatic rings. The van der Waals surface area contributed by atoms with E-state index in [0.717, 1.165) is 30.5 Å². The van der Waals surface area contributed by atoms with Gasteiger partial charge in [-0.3, -0.25) is 4.79 Å². The predicted octanol–water partition coefficient (Wildman–Crippen LogP) is 3.18. The van der Waals surface area contributed by atoms with Gasteiger partial charge >= 0.3 is 0 Å². The van der Waals surface area contributed by atoms with Gasteiger partial charge in [0.15, 0.2) is 0 Å². The molecular weight excluding hydrogens is 226 g/mol. The van der Waals surface area contributed by atoms with Crippen molar-refractivity contribution in [2.45, 2.75) is 33.6 Å². The number of hydrogen-bond donors (Lipinski definition) is 0. The van der Waals surface area contributed by atoms with Crippen LogP contribution >= 0.6 is 0 Å². The summed E-state index contributed by atoms with van der Waals surface area (Å²) >= 11 is 0. The molecule has 3 heteroatoms. The van der Waals surface area contributed by atoms with Crippen LogP contribution < -0.4 is 4.74 Å². The Hall–Kier alpha value is -1.51. The zero-order valence-corrected chi connectivity index (χ0v) is 12.0. The van der Waals surface area contributed by atoms with Crippen LogP contribution in [-0.2, 0) is 0 Å². The third-order valence-corrected chi connectivity index (χ3v) is 3.24. The molecule has 1 aromatic carbocycles. The van der Waals surface area contributed by atoms with E-state index in [0.29, 0.717) is 11.3 Å². The molecule has 0 N–H and O–H groups in total. The van der Waals surface area contributed by atoms with Gasteiger partial charge in [0.05, 0.1) is 12.7 Å². The summed E-state index contributed by atoms with van der Waals surface area (Å²) in [7, 11) is 3.44. The van der Waals surface area contributed by atoms with Crippen LogP contribution in [0.2, 0.25) is 0 Å². The molecule has 18 heavy (non-hydrogen) atoms. The molecule has 0 bridgehead atoms. The van der Waals surface area contributed by atoms with Gasteiger partial charge in [0.2, 0.25) is 0 Å². The van der Waals surface area contributed by atoms with Crippen LogP contribution in [0.5, 0.6) is 5.75 Å². The normalized spacial score (nSPS) is 10.3. The highest BCUT2D eigenvalue weighted by Crippen LogP contribution is 2.24. The van der Waals surface area contributed by atoms with Crippen LogP contribution in [0, 0.1) is 13.8 Å². The second-order valence-electron chi connectivity index (χ2n) is 4.72. The number of amides is 1. The van der Waals surface area contributed by atoms with Crippen LogP contribution in [-0.4, -0.2) is 31.5 Å². The molecule has 1 rings (SSSR count). The SMILES string of the molecule is CCCCN(C)C(=O)c1cc(C)c(C)cc1OC. The van der Waals surface area contributed by atoms with Crippen molar-refractivity contribution in [3.8, 4) is 5.75 Å². The van der Waals surface area contributed by atoms with E-state index in [1.54, 1.807) is 12.0 Å². The van der Waals surface area contributed by atoms with Crippen molar-refractivity contribution < 1.29 is 9.53 Å². The van der Waals surface area contributed by atoms with Gasteiger partial charge in [-0.05, 0) is 43.5 Å². The molecule has 0 radical (unpaired) electrons. The molecule has 0 aliphatic rings. The van der Waals surface area contributed by atoms with Gasteiger partial charge in [-0.1, -0.05) is 13.3 Å². The minimum absolute atomic E-state index is 0.0309. The lowest BCUT2D eigenvalue weighted by Crippen LogP contribution is -2.28. The summed E-state index contributed by atoms with van der Waals surface area (Å²) in [6.45, 7) is 6.94. The van der Waals surface area contributed by atoms with E-state index in [-0.39, 0.29) is 5.91 Å². The fourth-order valence-electron chi connectivity index (χ4n) is 1.83. The van der Waals surface area contributed by atoms with Gasteiger partial charge in [-0.2, -0.15) is 0 Å². The van der Waals surface area contributed by atoms with Crippen molar-refractivity contribution in [1.82, 2.24) is 4.90 Å². The number of methoxy groups -OCH3 is 1. The Balaban J connectivity index is 3.00. The number of carbonyl (C=O) groups excluding carboxylic acids is 1. The van der Waals surface area contributed by atoms with Crippen molar-refractivity contribution in [2.24, 2.45) is 0 Å². The lowest BCUT2D eigenvalue weighted by atomic mass is 10.0. The molecule has 0 saturated carbocycles. The van der Waals surface area contributed by atoms with E-state index in [4.69, 9.17) is 4.74 Å². The molecule has 0 aliphatic carbocycles. The Morgan fingerprint density at radius 1 is 1.28 bits per heavy atom. The lowest BCUT2D eigenvalue weighted by molar-refractivity contribution is 0.0790. The van der Waals surface area contributed by atoms with Gasteiger partial charge < -0.3 is 9.64 Å². The number of aryl methyl sites for hydroxylation is 2. The summed E-state index contributed by atoms with van der Waals surface area (Å²) < 4.78 is 5.31. The van der Waals surface area contributed by atoms with E-state index in [9.17, 15) is 4.79 Å². The number of rotatable bonds is 5. The minimum Gasteiger partial charge on any atom is -0.496 e. The Morgan fingerprint density at radius 2 is 1.89 bits per heavy atom. The Kier molecular flexibility index (Phi) is 5.20. The number of nitrogens with zero attached hydrogens (tertiary/aromatic N) is 1. The monoisotopic (exact) mass is 249 g/mol. The number of unbranched alkanes of at least 4 members (excludes halogenated alkanes) is 1. The standard InChI is InChI=1S/C15H23NO2/c1-6-7-8-16(4)15(17)13-9-11(2)12(3)10-14(13)18-5/h9-10H,6-8H2,1-5H3. The second-order valence-corrected chi connectivity index (χ2v) is 4.72. The van der Waals surface area contributed by atoms with Crippen molar-refractivity contribution in [1.29, 1.82) is 0 Å². The van der Waals surface area contributed by atoms with Gasteiger partial charge in [0.1, 0.15) is 5.75 Å². The molecule has 0 heterocycles. The summed E-state index contributed by atoms with van der Waals surface area (Å²) in [6.07, 6.45) is 2.11. The van der Waals surface area contributed by atoms with Gasteiger partial charge in [-0.15, -0.1) is 0 Å². The largest absolute Gasteiger partial charge is 0.496 e. The number of ether oxygens (including phenoxy) is 1. The third-order valence-electron chi connectivity index (χ3n) is 3.24.